The largest absolute Gasteiger partial charge is 0.481 e. The molecule has 0 spiro atoms. The molecule has 4 nitrogen and oxygen atoms in total. The van der Waals surface area contributed by atoms with Crippen LogP contribution in [0, 0.1) is 13.8 Å². The lowest BCUT2D eigenvalue weighted by Crippen LogP contribution is -2.52. The average Bonchev–Trinajstić information content (AvgIpc) is 2.63. The molecule has 0 saturated carbocycles. The number of carbonyl (C=O) groups is 1. The minimum atomic E-state index is -0.465. The summed E-state index contributed by atoms with van der Waals surface area (Å²) in [6.45, 7) is 9.16. The molecule has 1 heterocycles. The molecule has 2 aromatic carbocycles. The van der Waals surface area contributed by atoms with Gasteiger partial charge >= 0.3 is 0 Å². The van der Waals surface area contributed by atoms with E-state index in [0.717, 1.165) is 31.9 Å². The van der Waals surface area contributed by atoms with Crippen molar-refractivity contribution in [2.45, 2.75) is 26.9 Å². The standard InChI is InChI=1S/C21H26N2O2/c1-16-8-10-19(11-9-16)25-18(3)21(24)23-14-12-22(13-15-23)20-7-5-4-6-17(20)2/h4-11,18H,12-15H2,1-3H3. The van der Waals surface area contributed by atoms with E-state index in [1.807, 2.05) is 43.0 Å². The molecule has 0 N–H and O–H groups in total. The second-order valence-electron chi connectivity index (χ2n) is 6.67. The predicted octanol–water partition coefficient (Wildman–Crippen LogP) is 3.42. The van der Waals surface area contributed by atoms with Crippen LogP contribution in [0.1, 0.15) is 18.1 Å². The normalized spacial score (nSPS) is 15.8. The zero-order valence-electron chi connectivity index (χ0n) is 15.2. The number of benzene rings is 2. The summed E-state index contributed by atoms with van der Waals surface area (Å²) in [6.07, 6.45) is -0.465. The van der Waals surface area contributed by atoms with Crippen LogP contribution in [0.5, 0.6) is 5.75 Å². The van der Waals surface area contributed by atoms with E-state index < -0.39 is 6.10 Å². The summed E-state index contributed by atoms with van der Waals surface area (Å²) >= 11 is 0. The molecule has 1 atom stereocenters. The van der Waals surface area contributed by atoms with Gasteiger partial charge in [-0.3, -0.25) is 4.79 Å². The van der Waals surface area contributed by atoms with Gasteiger partial charge in [0.25, 0.3) is 5.91 Å². The Balaban J connectivity index is 1.56. The number of nitrogens with zero attached hydrogens (tertiary/aromatic N) is 2. The zero-order chi connectivity index (χ0) is 17.8. The smallest absolute Gasteiger partial charge is 0.263 e. The molecule has 132 valence electrons. The monoisotopic (exact) mass is 338 g/mol. The third-order valence-electron chi connectivity index (χ3n) is 4.73. The summed E-state index contributed by atoms with van der Waals surface area (Å²) in [5.74, 6) is 0.801. The summed E-state index contributed by atoms with van der Waals surface area (Å²) < 4.78 is 5.81. The summed E-state index contributed by atoms with van der Waals surface area (Å²) in [5.41, 5.74) is 3.72. The van der Waals surface area contributed by atoms with Gasteiger partial charge in [0.1, 0.15) is 5.75 Å². The van der Waals surface area contributed by atoms with E-state index in [0.29, 0.717) is 0 Å². The third kappa shape index (κ3) is 4.13. The lowest BCUT2D eigenvalue weighted by molar-refractivity contribution is -0.138. The Hall–Kier alpha value is -2.49. The Morgan fingerprint density at radius 3 is 2.24 bits per heavy atom. The van der Waals surface area contributed by atoms with Crippen LogP contribution in [0.25, 0.3) is 0 Å². The quantitative estimate of drug-likeness (QED) is 0.856. The fourth-order valence-electron chi connectivity index (χ4n) is 3.21. The summed E-state index contributed by atoms with van der Waals surface area (Å²) in [4.78, 5) is 16.9. The molecule has 1 aliphatic heterocycles. The Morgan fingerprint density at radius 2 is 1.60 bits per heavy atom. The van der Waals surface area contributed by atoms with Crippen LogP contribution in [0.3, 0.4) is 0 Å². The zero-order valence-corrected chi connectivity index (χ0v) is 15.2. The van der Waals surface area contributed by atoms with Crippen LogP contribution in [0.4, 0.5) is 5.69 Å². The molecule has 1 unspecified atom stereocenters. The Kier molecular flexibility index (Phi) is 5.27. The maximum atomic E-state index is 12.7. The van der Waals surface area contributed by atoms with Crippen LogP contribution < -0.4 is 9.64 Å². The van der Waals surface area contributed by atoms with Crippen LogP contribution >= 0.6 is 0 Å². The number of amides is 1. The average molecular weight is 338 g/mol. The van der Waals surface area contributed by atoms with Gasteiger partial charge in [-0.1, -0.05) is 35.9 Å². The van der Waals surface area contributed by atoms with Crippen molar-refractivity contribution in [3.8, 4) is 5.75 Å². The molecule has 1 saturated heterocycles. The number of hydrogen-bond acceptors (Lipinski definition) is 3. The van der Waals surface area contributed by atoms with E-state index >= 15 is 0 Å². The second-order valence-corrected chi connectivity index (χ2v) is 6.67. The van der Waals surface area contributed by atoms with Crippen molar-refractivity contribution in [1.82, 2.24) is 4.90 Å². The van der Waals surface area contributed by atoms with Gasteiger partial charge in [0, 0.05) is 31.9 Å². The summed E-state index contributed by atoms with van der Waals surface area (Å²) in [7, 11) is 0. The fraction of sp³-hybridized carbons (Fsp3) is 0.381. The first-order valence-electron chi connectivity index (χ1n) is 8.87. The van der Waals surface area contributed by atoms with Crippen molar-refractivity contribution < 1.29 is 9.53 Å². The van der Waals surface area contributed by atoms with Gasteiger partial charge in [-0.25, -0.2) is 0 Å². The van der Waals surface area contributed by atoms with E-state index in [-0.39, 0.29) is 5.91 Å². The topological polar surface area (TPSA) is 32.8 Å². The number of carbonyl (C=O) groups excluding carboxylic acids is 1. The Bertz CT molecular complexity index is 719. The van der Waals surface area contributed by atoms with Gasteiger partial charge in [-0.05, 0) is 44.5 Å². The van der Waals surface area contributed by atoms with E-state index in [1.165, 1.54) is 16.8 Å². The van der Waals surface area contributed by atoms with Gasteiger partial charge in [-0.2, -0.15) is 0 Å². The molecule has 3 rings (SSSR count). The maximum Gasteiger partial charge on any atom is 0.263 e. The molecule has 0 aliphatic carbocycles. The maximum absolute atomic E-state index is 12.7. The summed E-state index contributed by atoms with van der Waals surface area (Å²) in [6, 6.07) is 16.2. The van der Waals surface area contributed by atoms with E-state index in [2.05, 4.69) is 36.1 Å². The third-order valence-corrected chi connectivity index (χ3v) is 4.73. The number of aryl methyl sites for hydroxylation is 2. The molecule has 25 heavy (non-hydrogen) atoms. The molecular weight excluding hydrogens is 312 g/mol. The van der Waals surface area contributed by atoms with Gasteiger partial charge in [0.05, 0.1) is 0 Å². The van der Waals surface area contributed by atoms with Crippen molar-refractivity contribution in [2.24, 2.45) is 0 Å². The molecule has 2 aromatic rings. The van der Waals surface area contributed by atoms with Gasteiger partial charge in [-0.15, -0.1) is 0 Å². The highest BCUT2D eigenvalue weighted by Gasteiger charge is 2.26. The number of para-hydroxylation sites is 1. The van der Waals surface area contributed by atoms with E-state index in [1.54, 1.807) is 0 Å². The highest BCUT2D eigenvalue weighted by molar-refractivity contribution is 5.81. The number of ether oxygens (including phenoxy) is 1. The number of piperazine rings is 1. The predicted molar refractivity (Wildman–Crippen MR) is 101 cm³/mol. The molecule has 0 radical (unpaired) electrons. The highest BCUT2D eigenvalue weighted by Crippen LogP contribution is 2.21. The molecular formula is C21H26N2O2. The molecule has 1 fully saturated rings. The summed E-state index contributed by atoms with van der Waals surface area (Å²) in [5, 5.41) is 0. The SMILES string of the molecule is Cc1ccc(OC(C)C(=O)N2CCN(c3ccccc3C)CC2)cc1. The number of rotatable bonds is 4. The highest BCUT2D eigenvalue weighted by atomic mass is 16.5. The van der Waals surface area contributed by atoms with Gasteiger partial charge in [0.15, 0.2) is 6.10 Å². The van der Waals surface area contributed by atoms with Crippen LogP contribution in [0.15, 0.2) is 48.5 Å². The van der Waals surface area contributed by atoms with Crippen molar-refractivity contribution in [2.75, 3.05) is 31.1 Å². The van der Waals surface area contributed by atoms with Crippen molar-refractivity contribution in [3.63, 3.8) is 0 Å². The Morgan fingerprint density at radius 1 is 0.960 bits per heavy atom. The van der Waals surface area contributed by atoms with Gasteiger partial charge < -0.3 is 14.5 Å². The van der Waals surface area contributed by atoms with Crippen LogP contribution in [-0.2, 0) is 4.79 Å². The number of hydrogen-bond donors (Lipinski definition) is 0. The van der Waals surface area contributed by atoms with E-state index in [4.69, 9.17) is 4.74 Å². The lowest BCUT2D eigenvalue weighted by atomic mass is 10.1. The molecule has 0 aromatic heterocycles. The van der Waals surface area contributed by atoms with Crippen molar-refractivity contribution in [1.29, 1.82) is 0 Å². The number of anilines is 1. The lowest BCUT2D eigenvalue weighted by Gasteiger charge is -2.37. The molecule has 1 amide bonds. The van der Waals surface area contributed by atoms with Crippen LogP contribution in [0.2, 0.25) is 0 Å². The van der Waals surface area contributed by atoms with Crippen molar-refractivity contribution >= 4 is 11.6 Å². The molecule has 1 aliphatic rings. The second kappa shape index (κ2) is 7.60. The fourth-order valence-corrected chi connectivity index (χ4v) is 3.21. The van der Waals surface area contributed by atoms with Crippen LogP contribution in [-0.4, -0.2) is 43.1 Å². The minimum Gasteiger partial charge on any atom is -0.481 e. The van der Waals surface area contributed by atoms with E-state index in [9.17, 15) is 4.79 Å². The first-order chi connectivity index (χ1) is 12.0. The van der Waals surface area contributed by atoms with Crippen molar-refractivity contribution in [3.05, 3.63) is 59.7 Å². The first-order valence-corrected chi connectivity index (χ1v) is 8.87. The first kappa shape index (κ1) is 17.3. The minimum absolute atomic E-state index is 0.0602. The molecule has 4 heteroatoms. The van der Waals surface area contributed by atoms with Gasteiger partial charge in [0.2, 0.25) is 0 Å². The molecule has 0 bridgehead atoms. The Labute approximate surface area is 150 Å².